The standard InChI is InChI=1S/C24H33N3O4/c1-18-7-6-8-19(2)24(18)25-23(29)16-27-13-11-26(12-14-27)15-20(28)17-31-22-10-5-4-9-21(22)30-3/h4-10,20,28H,11-17H2,1-3H3,(H,25,29)/i1D3,2D3,6D,7D,8D,16D2. The van der Waals surface area contributed by atoms with Gasteiger partial charge in [-0.3, -0.25) is 14.6 Å². The van der Waals surface area contributed by atoms with Gasteiger partial charge in [-0.2, -0.15) is 0 Å². The summed E-state index contributed by atoms with van der Waals surface area (Å²) in [6.45, 7) is -8.22. The number of para-hydroxylation sites is 3. The lowest BCUT2D eigenvalue weighted by atomic mass is 10.1. The van der Waals surface area contributed by atoms with E-state index in [0.717, 1.165) is 0 Å². The Morgan fingerprint density at radius 2 is 1.84 bits per heavy atom. The molecule has 2 aromatic rings. The highest BCUT2D eigenvalue weighted by Gasteiger charge is 2.21. The fourth-order valence-corrected chi connectivity index (χ4v) is 3.13. The van der Waals surface area contributed by atoms with Crippen molar-refractivity contribution in [2.45, 2.75) is 19.8 Å². The molecule has 168 valence electrons. The van der Waals surface area contributed by atoms with E-state index in [9.17, 15) is 9.90 Å². The number of amides is 1. The fraction of sp³-hybridized carbons (Fsp3) is 0.458. The Morgan fingerprint density at radius 1 is 1.19 bits per heavy atom. The van der Waals surface area contributed by atoms with Crippen LogP contribution in [0, 0.1) is 13.7 Å². The molecule has 0 aliphatic carbocycles. The molecule has 1 heterocycles. The highest BCUT2D eigenvalue weighted by molar-refractivity contribution is 5.93. The molecule has 0 bridgehead atoms. The summed E-state index contributed by atoms with van der Waals surface area (Å²) in [6, 6.07) is 4.14. The lowest BCUT2D eigenvalue weighted by Crippen LogP contribution is -2.50. The maximum absolute atomic E-state index is 13.2. The van der Waals surface area contributed by atoms with E-state index in [4.69, 9.17) is 24.6 Å². The first-order chi connectivity index (χ1) is 19.4. The van der Waals surface area contributed by atoms with E-state index in [-0.39, 0.29) is 39.3 Å². The number of aliphatic hydroxyl groups excluding tert-OH is 1. The number of carbonyl (C=O) groups excluding carboxylic acids is 1. The van der Waals surface area contributed by atoms with Gasteiger partial charge in [-0.25, -0.2) is 0 Å². The van der Waals surface area contributed by atoms with Gasteiger partial charge in [0.05, 0.1) is 20.5 Å². The first-order valence-electron chi connectivity index (χ1n) is 15.3. The first kappa shape index (κ1) is 12.4. The Balaban J connectivity index is 1.71. The van der Waals surface area contributed by atoms with Gasteiger partial charge in [0.2, 0.25) is 5.91 Å². The number of methoxy groups -OCH3 is 1. The monoisotopic (exact) mass is 438 g/mol. The molecule has 1 aliphatic rings. The first-order valence-corrected chi connectivity index (χ1v) is 9.77. The molecule has 7 nitrogen and oxygen atoms in total. The summed E-state index contributed by atoms with van der Waals surface area (Å²) >= 11 is 0. The van der Waals surface area contributed by atoms with E-state index in [1.807, 2.05) is 10.2 Å². The highest BCUT2D eigenvalue weighted by atomic mass is 16.5. The minimum atomic E-state index is -3.14. The third kappa shape index (κ3) is 6.69. The highest BCUT2D eigenvalue weighted by Crippen LogP contribution is 2.25. The summed E-state index contributed by atoms with van der Waals surface area (Å²) in [5.41, 5.74) is -2.78. The number of nitrogens with one attached hydrogen (secondary N) is 1. The fourth-order valence-electron chi connectivity index (χ4n) is 3.13. The van der Waals surface area contributed by atoms with Crippen molar-refractivity contribution in [3.8, 4) is 11.5 Å². The van der Waals surface area contributed by atoms with Crippen LogP contribution < -0.4 is 14.8 Å². The number of piperazine rings is 1. The maximum atomic E-state index is 13.2. The van der Waals surface area contributed by atoms with Crippen molar-refractivity contribution in [2.75, 3.05) is 58.3 Å². The van der Waals surface area contributed by atoms with Crippen LogP contribution in [0.5, 0.6) is 11.5 Å². The Bertz CT molecular complexity index is 1240. The summed E-state index contributed by atoms with van der Waals surface area (Å²) in [4.78, 5) is 16.2. The number of benzene rings is 2. The Kier molecular flexibility index (Phi) is 4.47. The average molecular weight is 439 g/mol. The number of β-amino-alcohol motifs (C(OH)–C–C–N with tert-alkyl or cyclic N) is 1. The molecule has 1 amide bonds. The Labute approximate surface area is 200 Å². The molecule has 2 aromatic carbocycles. The van der Waals surface area contributed by atoms with E-state index in [0.29, 0.717) is 11.5 Å². The van der Waals surface area contributed by atoms with Crippen LogP contribution in [0.15, 0.2) is 42.4 Å². The molecule has 1 unspecified atom stereocenters. The van der Waals surface area contributed by atoms with Gasteiger partial charge in [0.15, 0.2) is 11.5 Å². The summed E-state index contributed by atoms with van der Waals surface area (Å²) in [5, 5.41) is 12.5. The van der Waals surface area contributed by atoms with Crippen molar-refractivity contribution in [1.82, 2.24) is 9.80 Å². The number of ether oxygens (including phenoxy) is 2. The molecule has 1 fully saturated rings. The number of aliphatic hydroxyl groups is 1. The van der Waals surface area contributed by atoms with Gasteiger partial charge in [0.25, 0.3) is 0 Å². The minimum absolute atomic E-state index is 0.0193. The Hall–Kier alpha value is -2.61. The number of hydrogen-bond donors (Lipinski definition) is 2. The van der Waals surface area contributed by atoms with Crippen LogP contribution in [0.2, 0.25) is 0 Å². The summed E-state index contributed by atoms with van der Waals surface area (Å²) in [5.74, 6) is -0.392. The molecule has 7 heteroatoms. The summed E-state index contributed by atoms with van der Waals surface area (Å²) in [7, 11) is 1.50. The number of anilines is 1. The van der Waals surface area contributed by atoms with Gasteiger partial charge in [-0.1, -0.05) is 30.3 Å². The summed E-state index contributed by atoms with van der Waals surface area (Å²) in [6.07, 6.45) is -0.878. The van der Waals surface area contributed by atoms with Crippen LogP contribution in [-0.2, 0) is 4.79 Å². The van der Waals surface area contributed by atoms with Crippen LogP contribution in [0.25, 0.3) is 0 Å². The lowest BCUT2D eigenvalue weighted by Gasteiger charge is -2.35. The lowest BCUT2D eigenvalue weighted by molar-refractivity contribution is -0.117. The largest absolute Gasteiger partial charge is 0.493 e. The van der Waals surface area contributed by atoms with Gasteiger partial charge >= 0.3 is 0 Å². The predicted molar refractivity (Wildman–Crippen MR) is 122 cm³/mol. The molecule has 0 spiro atoms. The quantitative estimate of drug-likeness (QED) is 0.626. The van der Waals surface area contributed by atoms with Crippen molar-refractivity contribution in [3.05, 3.63) is 53.5 Å². The van der Waals surface area contributed by atoms with Crippen LogP contribution in [0.4, 0.5) is 5.69 Å². The van der Waals surface area contributed by atoms with E-state index in [1.165, 1.54) is 12.0 Å². The smallest absolute Gasteiger partial charge is 0.238 e. The topological polar surface area (TPSA) is 74.3 Å². The van der Waals surface area contributed by atoms with E-state index >= 15 is 0 Å². The molecule has 1 aliphatic heterocycles. The van der Waals surface area contributed by atoms with E-state index < -0.39 is 67.2 Å². The molecular weight excluding hydrogens is 394 g/mol. The molecule has 31 heavy (non-hydrogen) atoms. The third-order valence-corrected chi connectivity index (χ3v) is 4.71. The molecule has 0 saturated carbocycles. The minimum Gasteiger partial charge on any atom is -0.493 e. The normalized spacial score (nSPS) is 22.5. The molecule has 0 aromatic heterocycles. The Morgan fingerprint density at radius 3 is 2.48 bits per heavy atom. The van der Waals surface area contributed by atoms with Crippen LogP contribution in [0.3, 0.4) is 0 Å². The van der Waals surface area contributed by atoms with Crippen molar-refractivity contribution in [1.29, 1.82) is 0 Å². The second-order valence-electron chi connectivity index (χ2n) is 6.97. The van der Waals surface area contributed by atoms with E-state index in [2.05, 4.69) is 0 Å². The average Bonchev–Trinajstić information content (AvgIpc) is 2.89. The zero-order chi connectivity index (χ0) is 31.6. The van der Waals surface area contributed by atoms with Crippen LogP contribution >= 0.6 is 0 Å². The van der Waals surface area contributed by atoms with Crippen molar-refractivity contribution >= 4 is 11.6 Å². The number of nitrogens with zero attached hydrogens (tertiary/aromatic N) is 2. The second-order valence-corrected chi connectivity index (χ2v) is 6.97. The van der Waals surface area contributed by atoms with Gasteiger partial charge in [0.1, 0.15) is 12.7 Å². The zero-order valence-corrected chi connectivity index (χ0v) is 17.2. The van der Waals surface area contributed by atoms with Crippen molar-refractivity contribution in [3.63, 3.8) is 0 Å². The van der Waals surface area contributed by atoms with Gasteiger partial charge < -0.3 is 19.9 Å². The third-order valence-electron chi connectivity index (χ3n) is 4.71. The van der Waals surface area contributed by atoms with E-state index in [1.54, 1.807) is 24.3 Å². The zero-order valence-electron chi connectivity index (χ0n) is 28.2. The van der Waals surface area contributed by atoms with Crippen molar-refractivity contribution < 1.29 is 34.5 Å². The molecule has 0 radical (unpaired) electrons. The van der Waals surface area contributed by atoms with Gasteiger partial charge in [0, 0.05) is 46.6 Å². The number of rotatable bonds is 9. The molecule has 1 atom stereocenters. The van der Waals surface area contributed by atoms with Crippen LogP contribution in [0.1, 0.15) is 26.2 Å². The molecule has 2 N–H and O–H groups in total. The van der Waals surface area contributed by atoms with Crippen LogP contribution in [-0.4, -0.2) is 79.9 Å². The summed E-state index contributed by atoms with van der Waals surface area (Å²) < 4.78 is 98.5. The van der Waals surface area contributed by atoms with Gasteiger partial charge in [-0.05, 0) is 37.0 Å². The molecule has 3 rings (SSSR count). The molecule has 1 saturated heterocycles. The second kappa shape index (κ2) is 11.1. The number of carbonyl (C=O) groups is 1. The van der Waals surface area contributed by atoms with Crippen molar-refractivity contribution in [2.24, 2.45) is 0 Å². The van der Waals surface area contributed by atoms with Gasteiger partial charge in [-0.15, -0.1) is 0 Å². The predicted octanol–water partition coefficient (Wildman–Crippen LogP) is 2.31. The molecular formula is C24H33N3O4. The number of hydrogen-bond acceptors (Lipinski definition) is 6. The maximum Gasteiger partial charge on any atom is 0.238 e. The SMILES string of the molecule is [2H]c1c([2H])c(C([2H])([2H])[2H])c(NC(=O)C([2H])([2H])N2CCN(CC(O)COc3ccccc3OC)CC2)c(C([2H])([2H])[2H])c1[2H].